The highest BCUT2D eigenvalue weighted by Crippen LogP contribution is 2.55. The fourth-order valence-electron chi connectivity index (χ4n) is 4.25. The molecule has 5 nitrogen and oxygen atoms in total. The molecule has 34 heavy (non-hydrogen) atoms. The van der Waals surface area contributed by atoms with Gasteiger partial charge in [-0.3, -0.25) is 0 Å². The number of nitrogens with two attached hydrogens (primary N) is 1. The van der Waals surface area contributed by atoms with Crippen LogP contribution in [0.15, 0.2) is 53.7 Å². The number of hydrogen-bond donors (Lipinski definition) is 1. The van der Waals surface area contributed by atoms with E-state index in [0.717, 1.165) is 0 Å². The molecule has 1 spiro atoms. The second-order valence-electron chi connectivity index (χ2n) is 8.85. The highest BCUT2D eigenvalue weighted by molar-refractivity contribution is 8.13. The van der Waals surface area contributed by atoms with E-state index in [4.69, 9.17) is 20.2 Å². The van der Waals surface area contributed by atoms with Gasteiger partial charge in [-0.25, -0.2) is 18.8 Å². The lowest BCUT2D eigenvalue weighted by atomic mass is 9.77. The zero-order valence-electron chi connectivity index (χ0n) is 18.6. The Morgan fingerprint density at radius 2 is 2.00 bits per heavy atom. The first kappa shape index (κ1) is 22.6. The number of fused-ring (bicyclic) bond motifs is 4. The molecule has 0 amide bonds. The highest BCUT2D eigenvalue weighted by atomic mass is 32.2. The van der Waals surface area contributed by atoms with Crippen LogP contribution in [0.2, 0.25) is 0 Å². The van der Waals surface area contributed by atoms with Gasteiger partial charge >= 0.3 is 0 Å². The van der Waals surface area contributed by atoms with E-state index in [9.17, 15) is 8.78 Å². The van der Waals surface area contributed by atoms with Crippen molar-refractivity contribution in [2.45, 2.75) is 31.5 Å². The first-order chi connectivity index (χ1) is 16.2. The summed E-state index contributed by atoms with van der Waals surface area (Å²) < 4.78 is 55.2. The SMILES string of the molecule is CC(C)(F)COc1cc(F)c2c(c1)[C@@]1(CCSC(N)=N1)c1cc(-c3cccnc3F)ccc1O2. The molecule has 0 fully saturated rings. The summed E-state index contributed by atoms with van der Waals surface area (Å²) in [4.78, 5) is 8.51. The van der Waals surface area contributed by atoms with Crippen molar-refractivity contribution >= 4 is 16.9 Å². The first-order valence-electron chi connectivity index (χ1n) is 10.7. The standard InChI is InChI=1S/C25H22F3N3O2S/c1-24(2,28)13-32-15-11-18-21(19(26)12-15)33-20-6-5-14(16-4-3-8-30-22(16)27)10-17(20)25(18)7-9-34-23(29)31-25/h3-6,8,10-12H,7,9,13H2,1-2H3,(H2,29,31)/t25-/m1/s1. The number of hydrogen-bond acceptors (Lipinski definition) is 6. The van der Waals surface area contributed by atoms with Gasteiger partial charge < -0.3 is 15.2 Å². The van der Waals surface area contributed by atoms with Crippen molar-refractivity contribution in [3.05, 3.63) is 71.6 Å². The van der Waals surface area contributed by atoms with Gasteiger partial charge in [0.25, 0.3) is 0 Å². The summed E-state index contributed by atoms with van der Waals surface area (Å²) in [7, 11) is 0. The van der Waals surface area contributed by atoms with Gasteiger partial charge in [0.1, 0.15) is 29.3 Å². The molecule has 5 rings (SSSR count). The Morgan fingerprint density at radius 1 is 1.18 bits per heavy atom. The summed E-state index contributed by atoms with van der Waals surface area (Å²) in [5, 5.41) is 0.347. The maximum Gasteiger partial charge on any atom is 0.220 e. The van der Waals surface area contributed by atoms with Gasteiger partial charge in [-0.1, -0.05) is 17.8 Å². The van der Waals surface area contributed by atoms with Gasteiger partial charge in [-0.05, 0) is 56.2 Å². The molecular weight excluding hydrogens is 463 g/mol. The number of benzene rings is 2. The number of nitrogens with zero attached hydrogens (tertiary/aromatic N) is 2. The van der Waals surface area contributed by atoms with Crippen molar-refractivity contribution in [2.75, 3.05) is 12.4 Å². The zero-order chi connectivity index (χ0) is 24.1. The second-order valence-corrected chi connectivity index (χ2v) is 9.97. The van der Waals surface area contributed by atoms with Crippen molar-refractivity contribution in [3.8, 4) is 28.4 Å². The molecule has 0 bridgehead atoms. The third-order valence-corrected chi connectivity index (χ3v) is 6.56. The Bertz CT molecular complexity index is 1310. The Labute approximate surface area is 199 Å². The van der Waals surface area contributed by atoms with Crippen molar-refractivity contribution in [2.24, 2.45) is 10.7 Å². The van der Waals surface area contributed by atoms with Gasteiger partial charge in [-0.2, -0.15) is 4.39 Å². The van der Waals surface area contributed by atoms with Gasteiger partial charge in [0, 0.05) is 34.7 Å². The molecule has 9 heteroatoms. The number of halogens is 3. The number of ether oxygens (including phenoxy) is 2. The third kappa shape index (κ3) is 3.98. The van der Waals surface area contributed by atoms with Crippen LogP contribution < -0.4 is 15.2 Å². The fourth-order valence-corrected chi connectivity index (χ4v) is 5.08. The van der Waals surface area contributed by atoms with Crippen LogP contribution in [0.1, 0.15) is 31.4 Å². The normalized spacial score (nSPS) is 19.1. The molecule has 0 unspecified atom stereocenters. The fraction of sp³-hybridized carbons (Fsp3) is 0.280. The van der Waals surface area contributed by atoms with Gasteiger partial charge in [0.2, 0.25) is 5.95 Å². The van der Waals surface area contributed by atoms with Crippen LogP contribution in [0.5, 0.6) is 17.2 Å². The topological polar surface area (TPSA) is 69.7 Å². The van der Waals surface area contributed by atoms with E-state index in [0.29, 0.717) is 45.3 Å². The molecule has 0 aliphatic carbocycles. The van der Waals surface area contributed by atoms with Gasteiger partial charge in [0.15, 0.2) is 16.7 Å². The minimum absolute atomic E-state index is 0.0168. The zero-order valence-corrected chi connectivity index (χ0v) is 19.4. The quantitative estimate of drug-likeness (QED) is 0.462. The molecule has 2 N–H and O–H groups in total. The summed E-state index contributed by atoms with van der Waals surface area (Å²) >= 11 is 1.40. The summed E-state index contributed by atoms with van der Waals surface area (Å²) in [5.41, 5.74) is 5.44. The lowest BCUT2D eigenvalue weighted by Crippen LogP contribution is -2.36. The molecule has 1 aromatic heterocycles. The molecule has 2 aliphatic heterocycles. The van der Waals surface area contributed by atoms with Crippen LogP contribution in [-0.2, 0) is 5.54 Å². The summed E-state index contributed by atoms with van der Waals surface area (Å²) in [6.45, 7) is 2.51. The summed E-state index contributed by atoms with van der Waals surface area (Å²) in [5.74, 6) is -0.0430. The maximum absolute atomic E-state index is 15.2. The number of amidine groups is 1. The molecular formula is C25H22F3N3O2S. The predicted octanol–water partition coefficient (Wildman–Crippen LogP) is 5.95. The van der Waals surface area contributed by atoms with Crippen molar-refractivity contribution in [1.82, 2.24) is 4.98 Å². The van der Waals surface area contributed by atoms with Crippen molar-refractivity contribution < 1.29 is 22.6 Å². The number of rotatable bonds is 4. The van der Waals surface area contributed by atoms with E-state index in [1.165, 1.54) is 37.9 Å². The number of alkyl halides is 1. The monoisotopic (exact) mass is 485 g/mol. The molecule has 3 aromatic rings. The van der Waals surface area contributed by atoms with Crippen molar-refractivity contribution in [3.63, 3.8) is 0 Å². The number of thioether (sulfide) groups is 1. The largest absolute Gasteiger partial charge is 0.490 e. The maximum atomic E-state index is 15.2. The number of aliphatic imine (C=N–C) groups is 1. The van der Waals surface area contributed by atoms with Crippen LogP contribution >= 0.6 is 11.8 Å². The van der Waals surface area contributed by atoms with E-state index in [-0.39, 0.29) is 18.1 Å². The highest BCUT2D eigenvalue weighted by Gasteiger charge is 2.45. The Hall–Kier alpha value is -3.20. The lowest BCUT2D eigenvalue weighted by molar-refractivity contribution is 0.120. The van der Waals surface area contributed by atoms with Crippen LogP contribution in [0.3, 0.4) is 0 Å². The van der Waals surface area contributed by atoms with E-state index in [1.807, 2.05) is 0 Å². The van der Waals surface area contributed by atoms with E-state index in [2.05, 4.69) is 4.98 Å². The third-order valence-electron chi connectivity index (χ3n) is 5.77. The first-order valence-corrected chi connectivity index (χ1v) is 11.7. The minimum Gasteiger partial charge on any atom is -0.490 e. The smallest absolute Gasteiger partial charge is 0.220 e. The molecule has 1 atom stereocenters. The average Bonchev–Trinajstić information content (AvgIpc) is 2.78. The van der Waals surface area contributed by atoms with Crippen molar-refractivity contribution in [1.29, 1.82) is 0 Å². The van der Waals surface area contributed by atoms with Crippen LogP contribution in [-0.4, -0.2) is 28.2 Å². The molecule has 3 heterocycles. The average molecular weight is 486 g/mol. The molecule has 176 valence electrons. The molecule has 0 radical (unpaired) electrons. The lowest BCUT2D eigenvalue weighted by Gasteiger charge is -2.39. The van der Waals surface area contributed by atoms with E-state index in [1.54, 1.807) is 36.4 Å². The number of pyridine rings is 1. The molecule has 2 aliphatic rings. The Kier molecular flexibility index (Phi) is 5.47. The molecule has 0 saturated heterocycles. The minimum atomic E-state index is -1.60. The van der Waals surface area contributed by atoms with Gasteiger partial charge in [-0.15, -0.1) is 0 Å². The van der Waals surface area contributed by atoms with Crippen LogP contribution in [0, 0.1) is 11.8 Å². The predicted molar refractivity (Wildman–Crippen MR) is 126 cm³/mol. The van der Waals surface area contributed by atoms with Gasteiger partial charge in [0.05, 0.1) is 0 Å². The van der Waals surface area contributed by atoms with Crippen LogP contribution in [0.4, 0.5) is 13.2 Å². The molecule has 0 saturated carbocycles. The van der Waals surface area contributed by atoms with Crippen LogP contribution in [0.25, 0.3) is 11.1 Å². The van der Waals surface area contributed by atoms with E-state index < -0.39 is 23.0 Å². The Balaban J connectivity index is 1.70. The number of aromatic nitrogens is 1. The van der Waals surface area contributed by atoms with E-state index >= 15 is 4.39 Å². The molecule has 2 aromatic carbocycles. The summed E-state index contributed by atoms with van der Waals surface area (Å²) in [6.07, 6.45) is 1.88. The summed E-state index contributed by atoms with van der Waals surface area (Å²) in [6, 6.07) is 11.2. The Morgan fingerprint density at radius 3 is 2.74 bits per heavy atom. The second kappa shape index (κ2) is 8.23.